The number of amides is 1. The number of alkyl halides is 3. The molecule has 0 spiro atoms. The molecular weight excluding hydrogens is 422 g/mol. The van der Waals surface area contributed by atoms with Crippen molar-refractivity contribution in [2.45, 2.75) is 25.7 Å². The number of rotatable bonds is 2. The monoisotopic (exact) mass is 435 g/mol. The molecule has 1 aliphatic heterocycles. The highest BCUT2D eigenvalue weighted by Gasteiger charge is 2.31. The fourth-order valence-electron chi connectivity index (χ4n) is 2.88. The number of carbonyl (C=O) groups excluding carboxylic acids is 1. The number of ether oxygens (including phenoxy) is 1. The molecule has 0 fully saturated rings. The molecule has 0 atom stereocenters. The van der Waals surface area contributed by atoms with E-state index in [0.717, 1.165) is 12.1 Å². The third kappa shape index (κ3) is 3.93. The van der Waals surface area contributed by atoms with Gasteiger partial charge in [0.2, 0.25) is 0 Å². The van der Waals surface area contributed by atoms with Gasteiger partial charge in [-0.25, -0.2) is 4.79 Å². The van der Waals surface area contributed by atoms with Crippen LogP contribution in [-0.4, -0.2) is 27.8 Å². The zero-order valence-corrected chi connectivity index (χ0v) is 15.7. The number of phenols is 2. The number of benzene rings is 2. The molecule has 2 N–H and O–H groups in total. The molecule has 1 aliphatic rings. The Bertz CT molecular complexity index is 917. The Labute approximate surface area is 167 Å². The first-order chi connectivity index (χ1) is 13.1. The van der Waals surface area contributed by atoms with Crippen LogP contribution in [0.25, 0.3) is 0 Å². The van der Waals surface area contributed by atoms with Crippen LogP contribution in [0.4, 0.5) is 18.0 Å². The van der Waals surface area contributed by atoms with Gasteiger partial charge in [-0.05, 0) is 35.2 Å². The zero-order chi connectivity index (χ0) is 20.6. The SMILES string of the molecule is O=C(OCc1ccc(C(F)(F)F)cc1)N1CCc2c(Cl)c(O)c(O)c(Cl)c2C1. The van der Waals surface area contributed by atoms with Crippen molar-refractivity contribution in [2.75, 3.05) is 6.54 Å². The quantitative estimate of drug-likeness (QED) is 0.642. The minimum absolute atomic E-state index is 0.00751. The molecule has 2 aromatic rings. The lowest BCUT2D eigenvalue weighted by molar-refractivity contribution is -0.137. The van der Waals surface area contributed by atoms with Crippen LogP contribution < -0.4 is 0 Å². The average Bonchev–Trinajstić information content (AvgIpc) is 2.68. The maximum absolute atomic E-state index is 12.6. The van der Waals surface area contributed by atoms with E-state index in [0.29, 0.717) is 16.7 Å². The van der Waals surface area contributed by atoms with Crippen molar-refractivity contribution in [2.24, 2.45) is 0 Å². The second-order valence-corrected chi connectivity index (χ2v) is 6.96. The van der Waals surface area contributed by atoms with E-state index in [1.807, 2.05) is 0 Å². The second-order valence-electron chi connectivity index (χ2n) is 6.20. The molecule has 150 valence electrons. The summed E-state index contributed by atoms with van der Waals surface area (Å²) >= 11 is 12.1. The summed E-state index contributed by atoms with van der Waals surface area (Å²) in [5.41, 5.74) is 0.556. The summed E-state index contributed by atoms with van der Waals surface area (Å²) in [5, 5.41) is 19.5. The number of phenolic OH excluding ortho intramolecular Hbond substituents is 2. The van der Waals surface area contributed by atoms with E-state index in [9.17, 15) is 28.2 Å². The van der Waals surface area contributed by atoms with Crippen molar-refractivity contribution in [1.82, 2.24) is 4.90 Å². The van der Waals surface area contributed by atoms with Crippen molar-refractivity contribution in [3.8, 4) is 11.5 Å². The Morgan fingerprint density at radius 3 is 2.21 bits per heavy atom. The minimum atomic E-state index is -4.43. The number of hydrogen-bond acceptors (Lipinski definition) is 4. The van der Waals surface area contributed by atoms with Crippen molar-refractivity contribution in [1.29, 1.82) is 0 Å². The molecule has 1 heterocycles. The summed E-state index contributed by atoms with van der Waals surface area (Å²) in [7, 11) is 0. The van der Waals surface area contributed by atoms with Gasteiger partial charge in [0.05, 0.1) is 22.2 Å². The highest BCUT2D eigenvalue weighted by molar-refractivity contribution is 6.36. The number of hydrogen-bond donors (Lipinski definition) is 2. The van der Waals surface area contributed by atoms with Crippen LogP contribution in [0.2, 0.25) is 10.0 Å². The second kappa shape index (κ2) is 7.60. The van der Waals surface area contributed by atoms with E-state index < -0.39 is 29.3 Å². The number of carbonyl (C=O) groups is 1. The van der Waals surface area contributed by atoms with Crippen LogP contribution in [0.5, 0.6) is 11.5 Å². The Hall–Kier alpha value is -2.32. The largest absolute Gasteiger partial charge is 0.503 e. The van der Waals surface area contributed by atoms with Gasteiger partial charge in [-0.1, -0.05) is 35.3 Å². The van der Waals surface area contributed by atoms with Gasteiger partial charge >= 0.3 is 12.3 Å². The standard InChI is InChI=1S/C18H14Cl2F3NO4/c19-13-11-5-6-24(7-12(11)14(20)16(26)15(13)25)17(27)28-8-9-1-3-10(4-2-9)18(21,22)23/h1-4,25-26H,5-8H2. The van der Waals surface area contributed by atoms with Gasteiger partial charge in [-0.2, -0.15) is 13.2 Å². The van der Waals surface area contributed by atoms with Crippen LogP contribution in [0.3, 0.4) is 0 Å². The molecule has 0 aromatic heterocycles. The normalized spacial score (nSPS) is 14.0. The minimum Gasteiger partial charge on any atom is -0.503 e. The molecule has 0 radical (unpaired) electrons. The summed E-state index contributed by atoms with van der Waals surface area (Å²) in [4.78, 5) is 13.6. The lowest BCUT2D eigenvalue weighted by atomic mass is 9.98. The first-order valence-electron chi connectivity index (χ1n) is 8.08. The molecule has 0 aliphatic carbocycles. The van der Waals surface area contributed by atoms with E-state index >= 15 is 0 Å². The van der Waals surface area contributed by atoms with Crippen LogP contribution in [-0.2, 0) is 30.5 Å². The van der Waals surface area contributed by atoms with Gasteiger partial charge in [0.25, 0.3) is 0 Å². The molecule has 0 unspecified atom stereocenters. The third-order valence-corrected chi connectivity index (χ3v) is 5.23. The van der Waals surface area contributed by atoms with E-state index in [2.05, 4.69) is 0 Å². The molecule has 2 aromatic carbocycles. The number of fused-ring (bicyclic) bond motifs is 1. The van der Waals surface area contributed by atoms with Gasteiger partial charge in [0, 0.05) is 6.54 Å². The summed E-state index contributed by atoms with van der Waals surface area (Å²) in [6.07, 6.45) is -4.83. The molecule has 0 bridgehead atoms. The van der Waals surface area contributed by atoms with E-state index in [1.54, 1.807) is 0 Å². The van der Waals surface area contributed by atoms with Crippen LogP contribution >= 0.6 is 23.2 Å². The number of nitrogens with zero attached hydrogens (tertiary/aromatic N) is 1. The van der Waals surface area contributed by atoms with Crippen LogP contribution in [0.15, 0.2) is 24.3 Å². The Balaban J connectivity index is 1.67. The smallest absolute Gasteiger partial charge is 0.416 e. The van der Waals surface area contributed by atoms with Crippen molar-refractivity contribution in [3.63, 3.8) is 0 Å². The topological polar surface area (TPSA) is 70.0 Å². The van der Waals surface area contributed by atoms with Gasteiger partial charge in [0.1, 0.15) is 6.61 Å². The lowest BCUT2D eigenvalue weighted by Crippen LogP contribution is -2.36. The predicted octanol–water partition coefficient (Wildman–Crippen LogP) is 5.12. The van der Waals surface area contributed by atoms with Crippen molar-refractivity contribution < 1.29 is 32.9 Å². The van der Waals surface area contributed by atoms with Gasteiger partial charge < -0.3 is 19.8 Å². The summed E-state index contributed by atoms with van der Waals surface area (Å²) < 4.78 is 42.8. The van der Waals surface area contributed by atoms with Crippen LogP contribution in [0, 0.1) is 0 Å². The Kier molecular flexibility index (Phi) is 5.54. The molecule has 0 saturated heterocycles. The fraction of sp³-hybridized carbons (Fsp3) is 0.278. The van der Waals surface area contributed by atoms with E-state index in [1.165, 1.54) is 17.0 Å². The first kappa shape index (κ1) is 20.4. The van der Waals surface area contributed by atoms with Gasteiger partial charge in [-0.3, -0.25) is 0 Å². The highest BCUT2D eigenvalue weighted by atomic mass is 35.5. The summed E-state index contributed by atoms with van der Waals surface area (Å²) in [6.45, 7) is 0.0440. The Morgan fingerprint density at radius 2 is 1.64 bits per heavy atom. The summed E-state index contributed by atoms with van der Waals surface area (Å²) in [5.74, 6) is -1.07. The molecular formula is C18H14Cl2F3NO4. The molecule has 28 heavy (non-hydrogen) atoms. The van der Waals surface area contributed by atoms with Gasteiger partial charge in [-0.15, -0.1) is 0 Å². The maximum Gasteiger partial charge on any atom is 0.416 e. The molecule has 5 nitrogen and oxygen atoms in total. The van der Waals surface area contributed by atoms with E-state index in [4.69, 9.17) is 27.9 Å². The molecule has 0 saturated carbocycles. The predicted molar refractivity (Wildman–Crippen MR) is 95.5 cm³/mol. The lowest BCUT2D eigenvalue weighted by Gasteiger charge is -2.30. The van der Waals surface area contributed by atoms with Crippen molar-refractivity contribution >= 4 is 29.3 Å². The maximum atomic E-state index is 12.6. The number of halogens is 5. The van der Waals surface area contributed by atoms with Crippen LogP contribution in [0.1, 0.15) is 22.3 Å². The summed E-state index contributed by atoms with van der Waals surface area (Å²) in [6, 6.07) is 4.30. The van der Waals surface area contributed by atoms with Gasteiger partial charge in [0.15, 0.2) is 11.5 Å². The molecule has 1 amide bonds. The first-order valence-corrected chi connectivity index (χ1v) is 8.83. The zero-order valence-electron chi connectivity index (χ0n) is 14.2. The highest BCUT2D eigenvalue weighted by Crippen LogP contribution is 2.46. The molecule has 10 heteroatoms. The van der Waals surface area contributed by atoms with Crippen molar-refractivity contribution in [3.05, 3.63) is 56.6 Å². The fourth-order valence-corrected chi connectivity index (χ4v) is 3.44. The molecule has 3 rings (SSSR count). The third-order valence-electron chi connectivity index (χ3n) is 4.42. The Morgan fingerprint density at radius 1 is 1.07 bits per heavy atom. The number of aromatic hydroxyl groups is 2. The van der Waals surface area contributed by atoms with E-state index in [-0.39, 0.29) is 36.2 Å². The average molecular weight is 436 g/mol.